The van der Waals surface area contributed by atoms with Gasteiger partial charge in [0.1, 0.15) is 5.75 Å². The van der Waals surface area contributed by atoms with Gasteiger partial charge in [0.15, 0.2) is 5.78 Å². The molecule has 4 heteroatoms. The van der Waals surface area contributed by atoms with Crippen LogP contribution < -0.4 is 5.32 Å². The standard InChI is InChI=1S/C17H16BrNO2/c1-2-14(19-15-7-9-16(20)10-8-15)11-17(21)12-3-5-13(18)6-4-12/h2-10,19-20H,11H2,1H3/b14-2+. The van der Waals surface area contributed by atoms with E-state index < -0.39 is 0 Å². The Morgan fingerprint density at radius 2 is 1.76 bits per heavy atom. The third-order valence-electron chi connectivity index (χ3n) is 3.04. The number of phenols is 1. The van der Waals surface area contributed by atoms with Crippen molar-refractivity contribution in [1.29, 1.82) is 0 Å². The van der Waals surface area contributed by atoms with Gasteiger partial charge in [-0.3, -0.25) is 4.79 Å². The summed E-state index contributed by atoms with van der Waals surface area (Å²) < 4.78 is 0.951. The van der Waals surface area contributed by atoms with Gasteiger partial charge in [-0.2, -0.15) is 0 Å². The number of carbonyl (C=O) groups is 1. The SMILES string of the molecule is C/C=C(\CC(=O)c1ccc(Br)cc1)Nc1ccc(O)cc1. The van der Waals surface area contributed by atoms with E-state index in [1.165, 1.54) is 0 Å². The molecule has 3 nitrogen and oxygen atoms in total. The fraction of sp³-hybridized carbons (Fsp3) is 0.118. The van der Waals surface area contributed by atoms with Crippen LogP contribution in [-0.2, 0) is 0 Å². The maximum absolute atomic E-state index is 12.2. The Morgan fingerprint density at radius 3 is 2.33 bits per heavy atom. The van der Waals surface area contributed by atoms with Gasteiger partial charge in [0, 0.05) is 21.4 Å². The summed E-state index contributed by atoms with van der Waals surface area (Å²) in [4.78, 5) is 12.2. The highest BCUT2D eigenvalue weighted by atomic mass is 79.9. The molecule has 108 valence electrons. The molecule has 2 rings (SSSR count). The number of nitrogens with one attached hydrogen (secondary N) is 1. The van der Waals surface area contributed by atoms with Crippen LogP contribution in [0.4, 0.5) is 5.69 Å². The normalized spacial score (nSPS) is 11.2. The van der Waals surface area contributed by atoms with E-state index in [4.69, 9.17) is 0 Å². The highest BCUT2D eigenvalue weighted by molar-refractivity contribution is 9.10. The van der Waals surface area contributed by atoms with E-state index in [1.807, 2.05) is 25.1 Å². The first-order chi connectivity index (χ1) is 10.1. The summed E-state index contributed by atoms with van der Waals surface area (Å²) >= 11 is 3.35. The predicted molar refractivity (Wildman–Crippen MR) is 88.6 cm³/mol. The largest absolute Gasteiger partial charge is 0.508 e. The smallest absolute Gasteiger partial charge is 0.168 e. The van der Waals surface area contributed by atoms with Crippen LogP contribution in [0.3, 0.4) is 0 Å². The minimum absolute atomic E-state index is 0.0573. The Kier molecular flexibility index (Phi) is 5.17. The Balaban J connectivity index is 2.04. The van der Waals surface area contributed by atoms with Gasteiger partial charge in [0.25, 0.3) is 0 Å². The number of phenolic OH excluding ortho intramolecular Hbond substituents is 1. The molecule has 2 aromatic rings. The maximum atomic E-state index is 12.2. The summed E-state index contributed by atoms with van der Waals surface area (Å²) in [6, 6.07) is 14.1. The van der Waals surface area contributed by atoms with Crippen LogP contribution in [0.2, 0.25) is 0 Å². The van der Waals surface area contributed by atoms with Crippen molar-refractivity contribution in [2.45, 2.75) is 13.3 Å². The molecule has 2 aromatic carbocycles. The van der Waals surface area contributed by atoms with Crippen LogP contribution in [0, 0.1) is 0 Å². The molecule has 0 radical (unpaired) electrons. The van der Waals surface area contributed by atoms with Gasteiger partial charge in [0.2, 0.25) is 0 Å². The quantitative estimate of drug-likeness (QED) is 0.607. The van der Waals surface area contributed by atoms with Gasteiger partial charge in [-0.15, -0.1) is 0 Å². The lowest BCUT2D eigenvalue weighted by Gasteiger charge is -2.10. The van der Waals surface area contributed by atoms with Crippen LogP contribution in [0.1, 0.15) is 23.7 Å². The number of halogens is 1. The lowest BCUT2D eigenvalue weighted by atomic mass is 10.1. The van der Waals surface area contributed by atoms with Crippen molar-refractivity contribution in [2.24, 2.45) is 0 Å². The lowest BCUT2D eigenvalue weighted by molar-refractivity contribution is 0.0993. The molecule has 0 aliphatic heterocycles. The first kappa shape index (κ1) is 15.3. The number of anilines is 1. The van der Waals surface area contributed by atoms with Gasteiger partial charge < -0.3 is 10.4 Å². The van der Waals surface area contributed by atoms with Gasteiger partial charge in [-0.1, -0.05) is 34.1 Å². The van der Waals surface area contributed by atoms with Gasteiger partial charge in [-0.05, 0) is 43.3 Å². The highest BCUT2D eigenvalue weighted by Gasteiger charge is 2.09. The molecule has 21 heavy (non-hydrogen) atoms. The fourth-order valence-corrected chi connectivity index (χ4v) is 2.12. The first-order valence-corrected chi connectivity index (χ1v) is 7.38. The summed E-state index contributed by atoms with van der Waals surface area (Å²) in [7, 11) is 0. The minimum atomic E-state index is 0.0573. The number of rotatable bonds is 5. The van der Waals surface area contributed by atoms with Crippen LogP contribution >= 0.6 is 15.9 Å². The Labute approximate surface area is 132 Å². The zero-order chi connectivity index (χ0) is 15.2. The Morgan fingerprint density at radius 1 is 1.14 bits per heavy atom. The fourth-order valence-electron chi connectivity index (χ4n) is 1.86. The summed E-state index contributed by atoms with van der Waals surface area (Å²) in [5, 5.41) is 12.5. The van der Waals surface area contributed by atoms with Crippen molar-refractivity contribution in [3.63, 3.8) is 0 Å². The molecule has 2 N–H and O–H groups in total. The van der Waals surface area contributed by atoms with Crippen LogP contribution in [0.25, 0.3) is 0 Å². The molecule has 0 saturated carbocycles. The average Bonchev–Trinajstić information content (AvgIpc) is 2.49. The number of benzene rings is 2. The molecule has 0 atom stereocenters. The summed E-state index contributed by atoms with van der Waals surface area (Å²) in [6.45, 7) is 1.89. The van der Waals surface area contributed by atoms with E-state index in [-0.39, 0.29) is 11.5 Å². The molecule has 0 aliphatic rings. The molecule has 0 bridgehead atoms. The van der Waals surface area contributed by atoms with Crippen LogP contribution in [0.5, 0.6) is 5.75 Å². The average molecular weight is 346 g/mol. The number of Topliss-reactive ketones (excluding diaryl/α,β-unsaturated/α-hetero) is 1. The maximum Gasteiger partial charge on any atom is 0.168 e. The van der Waals surface area contributed by atoms with Gasteiger partial charge >= 0.3 is 0 Å². The van der Waals surface area contributed by atoms with E-state index in [0.29, 0.717) is 12.0 Å². The van der Waals surface area contributed by atoms with Crippen LogP contribution in [-0.4, -0.2) is 10.9 Å². The van der Waals surface area contributed by atoms with E-state index in [1.54, 1.807) is 36.4 Å². The molecule has 0 amide bonds. The Hall–Kier alpha value is -2.07. The number of aromatic hydroxyl groups is 1. The molecule has 0 unspecified atom stereocenters. The molecule has 0 aromatic heterocycles. The summed E-state index contributed by atoms with van der Waals surface area (Å²) in [5.74, 6) is 0.274. The number of allylic oxidation sites excluding steroid dienone is 2. The number of ketones is 1. The van der Waals surface area contributed by atoms with Crippen molar-refractivity contribution in [3.05, 3.63) is 70.3 Å². The molecule has 0 aliphatic carbocycles. The number of carbonyl (C=O) groups excluding carboxylic acids is 1. The van der Waals surface area contributed by atoms with Gasteiger partial charge in [-0.25, -0.2) is 0 Å². The molecule has 0 heterocycles. The van der Waals surface area contributed by atoms with Crippen molar-refractivity contribution in [2.75, 3.05) is 5.32 Å². The zero-order valence-electron chi connectivity index (χ0n) is 11.6. The second-order valence-electron chi connectivity index (χ2n) is 4.59. The number of hydrogen-bond donors (Lipinski definition) is 2. The Bertz CT molecular complexity index is 645. The topological polar surface area (TPSA) is 49.3 Å². The number of hydrogen-bond acceptors (Lipinski definition) is 3. The van der Waals surface area contributed by atoms with Crippen LogP contribution in [0.15, 0.2) is 64.8 Å². The molecular formula is C17H16BrNO2. The molecule has 0 spiro atoms. The molecule has 0 fully saturated rings. The van der Waals surface area contributed by atoms with E-state index in [0.717, 1.165) is 15.9 Å². The van der Waals surface area contributed by atoms with E-state index in [2.05, 4.69) is 21.2 Å². The van der Waals surface area contributed by atoms with Crippen molar-refractivity contribution >= 4 is 27.4 Å². The van der Waals surface area contributed by atoms with Crippen molar-refractivity contribution in [3.8, 4) is 5.75 Å². The van der Waals surface area contributed by atoms with Crippen molar-refractivity contribution < 1.29 is 9.90 Å². The third kappa shape index (κ3) is 4.46. The monoisotopic (exact) mass is 345 g/mol. The second kappa shape index (κ2) is 7.09. The predicted octanol–water partition coefficient (Wildman–Crippen LogP) is 4.74. The van der Waals surface area contributed by atoms with Crippen molar-refractivity contribution in [1.82, 2.24) is 0 Å². The zero-order valence-corrected chi connectivity index (χ0v) is 13.2. The summed E-state index contributed by atoms with van der Waals surface area (Å²) in [6.07, 6.45) is 2.18. The third-order valence-corrected chi connectivity index (χ3v) is 3.57. The first-order valence-electron chi connectivity index (χ1n) is 6.58. The minimum Gasteiger partial charge on any atom is -0.508 e. The molecule has 0 saturated heterocycles. The highest BCUT2D eigenvalue weighted by Crippen LogP contribution is 2.18. The summed E-state index contributed by atoms with van der Waals surface area (Å²) in [5.41, 5.74) is 2.35. The second-order valence-corrected chi connectivity index (χ2v) is 5.51. The van der Waals surface area contributed by atoms with E-state index in [9.17, 15) is 9.90 Å². The van der Waals surface area contributed by atoms with E-state index >= 15 is 0 Å². The lowest BCUT2D eigenvalue weighted by Crippen LogP contribution is -2.07. The molecular weight excluding hydrogens is 330 g/mol. The van der Waals surface area contributed by atoms with Gasteiger partial charge in [0.05, 0.1) is 6.42 Å².